The fourth-order valence-electron chi connectivity index (χ4n) is 4.12. The Hall–Kier alpha value is -2.84. The van der Waals surface area contributed by atoms with Crippen LogP contribution < -0.4 is 9.47 Å². The Kier molecular flexibility index (Phi) is 6.53. The van der Waals surface area contributed by atoms with Crippen molar-refractivity contribution < 1.29 is 24.2 Å². The molecule has 1 N–H and O–H groups in total. The molecule has 32 heavy (non-hydrogen) atoms. The van der Waals surface area contributed by atoms with Gasteiger partial charge in [0.1, 0.15) is 5.76 Å². The Morgan fingerprint density at radius 2 is 1.88 bits per heavy atom. The molecule has 0 aromatic heterocycles. The average molecular weight is 501 g/mol. The quantitative estimate of drug-likeness (QED) is 0.352. The number of likely N-dealkylation sites (N-methyl/N-ethyl adjacent to an activating group) is 1. The predicted octanol–water partition coefficient (Wildman–Crippen LogP) is 3.94. The summed E-state index contributed by atoms with van der Waals surface area (Å²) in [5.74, 6) is -0.459. The first-order valence-corrected chi connectivity index (χ1v) is 11.4. The Morgan fingerprint density at radius 3 is 2.59 bits per heavy atom. The van der Waals surface area contributed by atoms with Crippen LogP contribution in [0.3, 0.4) is 0 Å². The van der Waals surface area contributed by atoms with Crippen LogP contribution in [-0.2, 0) is 9.59 Å². The molecule has 0 aliphatic carbocycles. The van der Waals surface area contributed by atoms with Crippen LogP contribution in [0.15, 0.2) is 52.5 Å². The van der Waals surface area contributed by atoms with Gasteiger partial charge in [0.2, 0.25) is 6.79 Å². The topological polar surface area (TPSA) is 79.3 Å². The Balaban J connectivity index is 1.79. The molecule has 0 bridgehead atoms. The van der Waals surface area contributed by atoms with Gasteiger partial charge in [0.15, 0.2) is 11.5 Å². The van der Waals surface area contributed by atoms with Crippen molar-refractivity contribution in [3.05, 3.63) is 63.6 Å². The van der Waals surface area contributed by atoms with E-state index in [1.54, 1.807) is 23.1 Å². The van der Waals surface area contributed by atoms with Crippen molar-refractivity contribution >= 4 is 33.4 Å². The summed E-state index contributed by atoms with van der Waals surface area (Å²) in [7, 11) is 0. The summed E-state index contributed by atoms with van der Waals surface area (Å²) in [5.41, 5.74) is 1.22. The number of nitrogens with zero attached hydrogens (tertiary/aromatic N) is 2. The number of hydrogen-bond donors (Lipinski definition) is 1. The highest BCUT2D eigenvalue weighted by atomic mass is 79.9. The highest BCUT2D eigenvalue weighted by molar-refractivity contribution is 9.10. The molecule has 1 atom stereocenters. The van der Waals surface area contributed by atoms with Crippen LogP contribution in [0.4, 0.5) is 0 Å². The summed E-state index contributed by atoms with van der Waals surface area (Å²) in [4.78, 5) is 29.9. The maximum Gasteiger partial charge on any atom is 0.295 e. The minimum atomic E-state index is -0.690. The predicted molar refractivity (Wildman–Crippen MR) is 124 cm³/mol. The summed E-state index contributed by atoms with van der Waals surface area (Å²) in [6.45, 7) is 6.92. The molecule has 1 amide bonds. The third-order valence-electron chi connectivity index (χ3n) is 5.90. The number of Topliss-reactive ketones (excluding diaryl/α,β-unsaturated/α-hetero) is 1. The van der Waals surface area contributed by atoms with Crippen LogP contribution in [0.2, 0.25) is 0 Å². The van der Waals surface area contributed by atoms with Gasteiger partial charge < -0.3 is 24.4 Å². The molecule has 0 saturated carbocycles. The molecule has 1 saturated heterocycles. The minimum absolute atomic E-state index is 0.0755. The monoisotopic (exact) mass is 500 g/mol. The van der Waals surface area contributed by atoms with E-state index >= 15 is 0 Å². The van der Waals surface area contributed by atoms with E-state index in [1.165, 1.54) is 0 Å². The van der Waals surface area contributed by atoms with Gasteiger partial charge in [0, 0.05) is 23.1 Å². The first-order chi connectivity index (χ1) is 15.4. The van der Waals surface area contributed by atoms with E-state index in [-0.39, 0.29) is 18.1 Å². The zero-order chi connectivity index (χ0) is 22.8. The number of fused-ring (bicyclic) bond motifs is 1. The SMILES string of the molecule is CCN(CC)CCN1C(=O)C(=O)C(=C(O)c2ccc3c(c2)OCO3)C1c1cccc(Br)c1. The average Bonchev–Trinajstić information content (AvgIpc) is 3.36. The second-order valence-electron chi connectivity index (χ2n) is 7.64. The standard InChI is InChI=1S/C24H25BrN2O5/c1-3-26(4-2)10-11-27-21(15-6-5-7-17(25)12-15)20(23(29)24(27)30)22(28)16-8-9-18-19(13-16)32-14-31-18/h5-9,12-13,21,28H,3-4,10-11,14H2,1-2H3. The Bertz CT molecular complexity index is 1080. The largest absolute Gasteiger partial charge is 0.507 e. The van der Waals surface area contributed by atoms with E-state index in [2.05, 4.69) is 34.7 Å². The number of amides is 1. The van der Waals surface area contributed by atoms with Gasteiger partial charge in [0.05, 0.1) is 11.6 Å². The van der Waals surface area contributed by atoms with Gasteiger partial charge in [-0.25, -0.2) is 0 Å². The van der Waals surface area contributed by atoms with Crippen LogP contribution in [0, 0.1) is 0 Å². The number of carbonyl (C=O) groups is 2. The third kappa shape index (κ3) is 4.12. The third-order valence-corrected chi connectivity index (χ3v) is 6.40. The van der Waals surface area contributed by atoms with E-state index in [9.17, 15) is 14.7 Å². The van der Waals surface area contributed by atoms with Crippen molar-refractivity contribution in [3.8, 4) is 11.5 Å². The maximum atomic E-state index is 13.1. The molecule has 2 aromatic rings. The van der Waals surface area contributed by atoms with E-state index < -0.39 is 17.7 Å². The number of likely N-dealkylation sites (tertiary alicyclic amines) is 1. The lowest BCUT2D eigenvalue weighted by atomic mass is 9.95. The summed E-state index contributed by atoms with van der Waals surface area (Å²) in [6, 6.07) is 11.7. The van der Waals surface area contributed by atoms with Gasteiger partial charge in [-0.1, -0.05) is 41.9 Å². The molecule has 2 aromatic carbocycles. The van der Waals surface area contributed by atoms with Crippen LogP contribution in [0.25, 0.3) is 5.76 Å². The molecule has 4 rings (SSSR count). The fraction of sp³-hybridized carbons (Fsp3) is 0.333. The summed E-state index contributed by atoms with van der Waals surface area (Å²) in [5, 5.41) is 11.2. The lowest BCUT2D eigenvalue weighted by molar-refractivity contribution is -0.140. The van der Waals surface area contributed by atoms with Crippen molar-refractivity contribution in [2.75, 3.05) is 33.0 Å². The first-order valence-electron chi connectivity index (χ1n) is 10.6. The Morgan fingerprint density at radius 1 is 1.12 bits per heavy atom. The molecule has 2 aliphatic rings. The molecule has 2 heterocycles. The number of halogens is 1. The van der Waals surface area contributed by atoms with Crippen molar-refractivity contribution in [2.24, 2.45) is 0 Å². The van der Waals surface area contributed by atoms with E-state index in [1.807, 2.05) is 24.3 Å². The van der Waals surface area contributed by atoms with Crippen LogP contribution >= 0.6 is 15.9 Å². The zero-order valence-corrected chi connectivity index (χ0v) is 19.6. The molecule has 168 valence electrons. The molecule has 7 nitrogen and oxygen atoms in total. The lowest BCUT2D eigenvalue weighted by Gasteiger charge is -2.28. The van der Waals surface area contributed by atoms with Crippen molar-refractivity contribution in [1.29, 1.82) is 0 Å². The van der Waals surface area contributed by atoms with Gasteiger partial charge in [-0.15, -0.1) is 0 Å². The van der Waals surface area contributed by atoms with E-state index in [4.69, 9.17) is 9.47 Å². The number of ketones is 1. The molecule has 2 aliphatic heterocycles. The number of aliphatic hydroxyl groups excluding tert-OH is 1. The number of carbonyl (C=O) groups excluding carboxylic acids is 2. The van der Waals surface area contributed by atoms with Gasteiger partial charge in [-0.3, -0.25) is 9.59 Å². The van der Waals surface area contributed by atoms with Crippen LogP contribution in [0.1, 0.15) is 31.0 Å². The lowest BCUT2D eigenvalue weighted by Crippen LogP contribution is -2.38. The second-order valence-corrected chi connectivity index (χ2v) is 8.56. The van der Waals surface area contributed by atoms with E-state index in [0.29, 0.717) is 30.2 Å². The summed E-state index contributed by atoms with van der Waals surface area (Å²) >= 11 is 3.47. The number of benzene rings is 2. The molecule has 0 radical (unpaired) electrons. The Labute approximate surface area is 195 Å². The minimum Gasteiger partial charge on any atom is -0.507 e. The van der Waals surface area contributed by atoms with Crippen LogP contribution in [-0.4, -0.2) is 59.6 Å². The molecule has 1 unspecified atom stereocenters. The zero-order valence-electron chi connectivity index (χ0n) is 18.0. The van der Waals surface area contributed by atoms with Gasteiger partial charge >= 0.3 is 0 Å². The van der Waals surface area contributed by atoms with Gasteiger partial charge in [0.25, 0.3) is 11.7 Å². The number of hydrogen-bond acceptors (Lipinski definition) is 6. The van der Waals surface area contributed by atoms with Crippen molar-refractivity contribution in [2.45, 2.75) is 19.9 Å². The summed E-state index contributed by atoms with van der Waals surface area (Å²) in [6.07, 6.45) is 0. The highest BCUT2D eigenvalue weighted by Crippen LogP contribution is 2.41. The second kappa shape index (κ2) is 9.34. The van der Waals surface area contributed by atoms with Crippen molar-refractivity contribution in [1.82, 2.24) is 9.80 Å². The summed E-state index contributed by atoms with van der Waals surface area (Å²) < 4.78 is 11.6. The smallest absolute Gasteiger partial charge is 0.295 e. The number of ether oxygens (including phenoxy) is 2. The van der Waals surface area contributed by atoms with Gasteiger partial charge in [-0.05, 0) is 49.0 Å². The normalized spacial score (nSPS) is 19.2. The highest BCUT2D eigenvalue weighted by Gasteiger charge is 2.46. The number of rotatable bonds is 7. The van der Waals surface area contributed by atoms with E-state index in [0.717, 1.165) is 23.1 Å². The molecule has 0 spiro atoms. The number of aliphatic hydroxyl groups is 1. The molecular formula is C24H25BrN2O5. The van der Waals surface area contributed by atoms with Gasteiger partial charge in [-0.2, -0.15) is 0 Å². The first kappa shape index (κ1) is 22.4. The molecule has 8 heteroatoms. The molecule has 1 fully saturated rings. The fourth-order valence-corrected chi connectivity index (χ4v) is 4.54. The van der Waals surface area contributed by atoms with Crippen LogP contribution in [0.5, 0.6) is 11.5 Å². The van der Waals surface area contributed by atoms with Crippen molar-refractivity contribution in [3.63, 3.8) is 0 Å². The molecular weight excluding hydrogens is 476 g/mol. The maximum absolute atomic E-state index is 13.1.